The largest absolute Gasteiger partial charge is 0.484 e. The quantitative estimate of drug-likeness (QED) is 0.163. The first-order chi connectivity index (χ1) is 22.7. The third-order valence-corrected chi connectivity index (χ3v) is 8.65. The van der Waals surface area contributed by atoms with Crippen LogP contribution in [0.5, 0.6) is 5.75 Å². The Kier molecular flexibility index (Phi) is 10.5. The zero-order valence-electron chi connectivity index (χ0n) is 29.5. The standard InChI is InChI=1S/C37H49N7O4/c1-36(2,3)32-21-24(20-29(39-32)30(45)14-11-19-43(6)7)38-35(46)40-28-16-17-31(27-13-10-9-12-26(27)28)48-25-15-18-33-41-42-34(44(33)22-25)37(4,5)23-47-8/h9-10,12-13,15,18,20-22,28,31H,11,14,16-17,19,23H2,1-8H3,(H2,38,39,40,46)/t28-,31+/m0/s1. The van der Waals surface area contributed by atoms with E-state index in [0.717, 1.165) is 41.3 Å². The number of rotatable bonds is 12. The number of nitrogens with zero attached hydrogens (tertiary/aromatic N) is 5. The second-order valence-electron chi connectivity index (χ2n) is 14.6. The number of fused-ring (bicyclic) bond motifs is 2. The second-order valence-corrected chi connectivity index (χ2v) is 14.6. The maximum atomic E-state index is 13.4. The zero-order valence-corrected chi connectivity index (χ0v) is 29.5. The number of aromatic nitrogens is 4. The molecule has 2 amide bonds. The number of carbonyl (C=O) groups is 2. The van der Waals surface area contributed by atoms with Crippen LogP contribution in [0.25, 0.3) is 5.65 Å². The van der Waals surface area contributed by atoms with E-state index in [1.54, 1.807) is 13.2 Å². The molecule has 3 heterocycles. The van der Waals surface area contributed by atoms with Crippen LogP contribution in [0, 0.1) is 0 Å². The van der Waals surface area contributed by atoms with Crippen LogP contribution in [0.1, 0.15) is 106 Å². The van der Waals surface area contributed by atoms with Crippen molar-refractivity contribution in [1.82, 2.24) is 29.8 Å². The number of ether oxygens (including phenoxy) is 2. The Morgan fingerprint density at radius 3 is 2.46 bits per heavy atom. The van der Waals surface area contributed by atoms with Gasteiger partial charge in [0.2, 0.25) is 0 Å². The van der Waals surface area contributed by atoms with Crippen LogP contribution in [0.15, 0.2) is 54.7 Å². The van der Waals surface area contributed by atoms with Crippen LogP contribution in [0.3, 0.4) is 0 Å². The molecule has 0 aliphatic heterocycles. The number of benzene rings is 1. The summed E-state index contributed by atoms with van der Waals surface area (Å²) in [6.45, 7) is 11.6. The Morgan fingerprint density at radius 1 is 1.00 bits per heavy atom. The number of methoxy groups -OCH3 is 1. The van der Waals surface area contributed by atoms with Gasteiger partial charge in [-0.15, -0.1) is 10.2 Å². The Hall–Kier alpha value is -4.35. The SMILES string of the molecule is COCC(C)(C)c1nnc2ccc(O[C@@H]3CC[C@H](NC(=O)Nc4cc(C(=O)CCCN(C)C)nc(C(C)(C)C)c4)c4ccccc43)cn12. The number of Topliss-reactive ketones (excluding diaryl/α,β-unsaturated/α-hetero) is 1. The van der Waals surface area contributed by atoms with Gasteiger partial charge < -0.3 is 25.0 Å². The molecule has 0 fully saturated rings. The van der Waals surface area contributed by atoms with E-state index in [4.69, 9.17) is 9.47 Å². The van der Waals surface area contributed by atoms with Gasteiger partial charge >= 0.3 is 6.03 Å². The summed E-state index contributed by atoms with van der Waals surface area (Å²) in [5.74, 6) is 1.48. The average molecular weight is 656 g/mol. The lowest BCUT2D eigenvalue weighted by molar-refractivity contribution is 0.0972. The maximum absolute atomic E-state index is 13.4. The van der Waals surface area contributed by atoms with Crippen LogP contribution >= 0.6 is 0 Å². The average Bonchev–Trinajstić information content (AvgIpc) is 3.46. The second kappa shape index (κ2) is 14.4. The third kappa shape index (κ3) is 8.19. The maximum Gasteiger partial charge on any atom is 0.319 e. The summed E-state index contributed by atoms with van der Waals surface area (Å²) in [7, 11) is 5.66. The molecule has 1 aromatic carbocycles. The minimum Gasteiger partial charge on any atom is -0.484 e. The number of nitrogens with one attached hydrogen (secondary N) is 2. The molecule has 0 saturated carbocycles. The number of anilines is 1. The minimum atomic E-state index is -0.338. The predicted octanol–water partition coefficient (Wildman–Crippen LogP) is 6.65. The highest BCUT2D eigenvalue weighted by atomic mass is 16.5. The molecule has 3 aromatic heterocycles. The van der Waals surface area contributed by atoms with Gasteiger partial charge in [0.1, 0.15) is 23.4 Å². The molecule has 0 spiro atoms. The zero-order chi connectivity index (χ0) is 34.6. The highest BCUT2D eigenvalue weighted by molar-refractivity contribution is 5.97. The molecule has 5 rings (SSSR count). The van der Waals surface area contributed by atoms with E-state index >= 15 is 0 Å². The van der Waals surface area contributed by atoms with Crippen LogP contribution < -0.4 is 15.4 Å². The molecule has 4 aromatic rings. The molecule has 2 N–H and O–H groups in total. The van der Waals surface area contributed by atoms with Gasteiger partial charge in [0.05, 0.1) is 18.8 Å². The lowest BCUT2D eigenvalue weighted by atomic mass is 9.85. The molecule has 1 aliphatic carbocycles. The van der Waals surface area contributed by atoms with Gasteiger partial charge in [-0.3, -0.25) is 9.20 Å². The summed E-state index contributed by atoms with van der Waals surface area (Å²) < 4.78 is 14.0. The van der Waals surface area contributed by atoms with Gasteiger partial charge in [-0.2, -0.15) is 0 Å². The fourth-order valence-corrected chi connectivity index (χ4v) is 6.15. The monoisotopic (exact) mass is 655 g/mol. The first-order valence-corrected chi connectivity index (χ1v) is 16.6. The van der Waals surface area contributed by atoms with Gasteiger partial charge in [0, 0.05) is 35.7 Å². The molecule has 48 heavy (non-hydrogen) atoms. The topological polar surface area (TPSA) is 123 Å². The van der Waals surface area contributed by atoms with Crippen molar-refractivity contribution in [2.45, 2.75) is 83.3 Å². The van der Waals surface area contributed by atoms with E-state index in [2.05, 4.69) is 50.6 Å². The van der Waals surface area contributed by atoms with Crippen molar-refractivity contribution < 1.29 is 19.1 Å². The van der Waals surface area contributed by atoms with E-state index in [1.807, 2.05) is 81.9 Å². The number of pyridine rings is 2. The van der Waals surface area contributed by atoms with Crippen LogP contribution in [0.2, 0.25) is 0 Å². The summed E-state index contributed by atoms with van der Waals surface area (Å²) in [5, 5.41) is 14.9. The number of hydrogen-bond donors (Lipinski definition) is 2. The molecule has 256 valence electrons. The first-order valence-electron chi connectivity index (χ1n) is 16.6. The Balaban J connectivity index is 1.31. The van der Waals surface area contributed by atoms with E-state index in [9.17, 15) is 9.59 Å². The third-order valence-electron chi connectivity index (χ3n) is 8.65. The predicted molar refractivity (Wildman–Crippen MR) is 187 cm³/mol. The number of urea groups is 1. The molecular formula is C37H49N7O4. The Bertz CT molecular complexity index is 1760. The van der Waals surface area contributed by atoms with E-state index < -0.39 is 0 Å². The first kappa shape index (κ1) is 35.0. The molecular weight excluding hydrogens is 606 g/mol. The van der Waals surface area contributed by atoms with Gasteiger partial charge in [-0.1, -0.05) is 58.9 Å². The van der Waals surface area contributed by atoms with Gasteiger partial charge in [-0.05, 0) is 75.3 Å². The summed E-state index contributed by atoms with van der Waals surface area (Å²) in [4.78, 5) is 33.2. The smallest absolute Gasteiger partial charge is 0.319 e. The van der Waals surface area contributed by atoms with Gasteiger partial charge in [-0.25, -0.2) is 9.78 Å². The Morgan fingerprint density at radius 2 is 1.75 bits per heavy atom. The molecule has 11 nitrogen and oxygen atoms in total. The summed E-state index contributed by atoms with van der Waals surface area (Å²) >= 11 is 0. The normalized spacial score (nSPS) is 16.5. The van der Waals surface area contributed by atoms with E-state index in [-0.39, 0.29) is 34.8 Å². The van der Waals surface area contributed by atoms with Crippen molar-refractivity contribution in [2.24, 2.45) is 0 Å². The molecule has 0 unspecified atom stereocenters. The molecule has 2 atom stereocenters. The van der Waals surface area contributed by atoms with Crippen molar-refractivity contribution in [3.8, 4) is 5.75 Å². The Labute approximate surface area is 283 Å². The summed E-state index contributed by atoms with van der Waals surface area (Å²) in [6, 6.07) is 14.9. The molecule has 1 aliphatic rings. The lowest BCUT2D eigenvalue weighted by Crippen LogP contribution is -2.35. The van der Waals surface area contributed by atoms with Crippen LogP contribution in [0.4, 0.5) is 10.5 Å². The van der Waals surface area contributed by atoms with Crippen molar-refractivity contribution in [1.29, 1.82) is 0 Å². The fourth-order valence-electron chi connectivity index (χ4n) is 6.15. The molecule has 11 heteroatoms. The highest BCUT2D eigenvalue weighted by Gasteiger charge is 2.31. The number of ketones is 1. The number of hydrogen-bond acceptors (Lipinski definition) is 8. The van der Waals surface area contributed by atoms with Crippen molar-refractivity contribution >= 4 is 23.1 Å². The molecule has 0 radical (unpaired) electrons. The summed E-state index contributed by atoms with van der Waals surface area (Å²) in [6.07, 6.45) is 4.28. The number of amides is 2. The van der Waals surface area contributed by atoms with Gasteiger partial charge in [0.15, 0.2) is 11.4 Å². The summed E-state index contributed by atoms with van der Waals surface area (Å²) in [5.41, 5.74) is 3.82. The van der Waals surface area contributed by atoms with Crippen LogP contribution in [-0.2, 0) is 15.6 Å². The van der Waals surface area contributed by atoms with E-state index in [1.165, 1.54) is 0 Å². The van der Waals surface area contributed by atoms with Crippen molar-refractivity contribution in [3.05, 3.63) is 83.1 Å². The van der Waals surface area contributed by atoms with Crippen molar-refractivity contribution in [2.75, 3.05) is 39.7 Å². The number of carbonyl (C=O) groups excluding carboxylic acids is 2. The molecule has 0 saturated heterocycles. The lowest BCUT2D eigenvalue weighted by Gasteiger charge is -2.32. The van der Waals surface area contributed by atoms with Crippen molar-refractivity contribution in [3.63, 3.8) is 0 Å². The fraction of sp³-hybridized carbons (Fsp3) is 0.486. The molecule has 0 bridgehead atoms. The van der Waals surface area contributed by atoms with Crippen LogP contribution in [-0.4, -0.2) is 70.7 Å². The van der Waals surface area contributed by atoms with Gasteiger partial charge in [0.25, 0.3) is 0 Å². The van der Waals surface area contributed by atoms with E-state index in [0.29, 0.717) is 43.0 Å². The highest BCUT2D eigenvalue weighted by Crippen LogP contribution is 2.39. The minimum absolute atomic E-state index is 0.0305.